The van der Waals surface area contributed by atoms with Crippen molar-refractivity contribution in [1.82, 2.24) is 14.7 Å². The normalized spacial score (nSPS) is 20.6. The molecule has 1 fully saturated rings. The number of hydrogen-bond acceptors (Lipinski definition) is 5. The third-order valence-electron chi connectivity index (χ3n) is 3.97. The minimum atomic E-state index is -0.645. The number of amides is 1. The predicted molar refractivity (Wildman–Crippen MR) is 77.8 cm³/mol. The zero-order chi connectivity index (χ0) is 15.6. The standard InChI is InChI=1S/C14H24N4O3/c1-9-13(10(2)17(3)16-9)12-8-21-6-5-18(12)14(19)11(15)7-20-4/h11-12H,5-8,15H2,1-4H3. The number of carbonyl (C=O) groups excluding carboxylic acids is 1. The number of rotatable bonds is 4. The first-order chi connectivity index (χ1) is 9.97. The number of aromatic nitrogens is 2. The van der Waals surface area contributed by atoms with Crippen LogP contribution < -0.4 is 5.73 Å². The van der Waals surface area contributed by atoms with Crippen molar-refractivity contribution < 1.29 is 14.3 Å². The summed E-state index contributed by atoms with van der Waals surface area (Å²) in [6.45, 7) is 5.71. The van der Waals surface area contributed by atoms with Crippen LogP contribution in [0.25, 0.3) is 0 Å². The first-order valence-corrected chi connectivity index (χ1v) is 7.10. The summed E-state index contributed by atoms with van der Waals surface area (Å²) >= 11 is 0. The summed E-state index contributed by atoms with van der Waals surface area (Å²) in [5, 5.41) is 4.43. The topological polar surface area (TPSA) is 82.6 Å². The molecule has 1 aliphatic heterocycles. The SMILES string of the molecule is COCC(N)C(=O)N1CCOCC1c1c(C)nn(C)c1C. The highest BCUT2D eigenvalue weighted by molar-refractivity contribution is 5.82. The van der Waals surface area contributed by atoms with Crippen LogP contribution in [0.4, 0.5) is 0 Å². The molecule has 1 aromatic heterocycles. The Morgan fingerprint density at radius 1 is 1.57 bits per heavy atom. The van der Waals surface area contributed by atoms with Gasteiger partial charge in [0.2, 0.25) is 5.91 Å². The van der Waals surface area contributed by atoms with Crippen molar-refractivity contribution in [1.29, 1.82) is 0 Å². The lowest BCUT2D eigenvalue weighted by molar-refractivity contribution is -0.142. The summed E-state index contributed by atoms with van der Waals surface area (Å²) < 4.78 is 12.4. The fraction of sp³-hybridized carbons (Fsp3) is 0.714. The summed E-state index contributed by atoms with van der Waals surface area (Å²) in [6.07, 6.45) is 0. The van der Waals surface area contributed by atoms with Gasteiger partial charge in [-0.3, -0.25) is 9.48 Å². The van der Waals surface area contributed by atoms with Gasteiger partial charge in [-0.1, -0.05) is 0 Å². The van der Waals surface area contributed by atoms with Crippen LogP contribution in [0.2, 0.25) is 0 Å². The molecule has 21 heavy (non-hydrogen) atoms. The number of nitrogens with two attached hydrogens (primary N) is 1. The number of nitrogens with zero attached hydrogens (tertiary/aromatic N) is 3. The fourth-order valence-corrected chi connectivity index (χ4v) is 2.84. The minimum Gasteiger partial charge on any atom is -0.383 e. The molecule has 0 radical (unpaired) electrons. The quantitative estimate of drug-likeness (QED) is 0.839. The molecule has 0 bridgehead atoms. The molecule has 2 N–H and O–H groups in total. The third kappa shape index (κ3) is 3.09. The summed E-state index contributed by atoms with van der Waals surface area (Å²) in [6, 6.07) is -0.782. The minimum absolute atomic E-state index is 0.104. The molecule has 2 atom stereocenters. The van der Waals surface area contributed by atoms with Gasteiger partial charge in [0.25, 0.3) is 0 Å². The van der Waals surface area contributed by atoms with Crippen molar-refractivity contribution in [2.24, 2.45) is 12.8 Å². The molecule has 1 amide bonds. The Balaban J connectivity index is 2.29. The number of ether oxygens (including phenoxy) is 2. The first kappa shape index (κ1) is 15.9. The molecule has 1 aliphatic rings. The maximum Gasteiger partial charge on any atom is 0.242 e. The molecular weight excluding hydrogens is 272 g/mol. The van der Waals surface area contributed by atoms with Gasteiger partial charge in [0.1, 0.15) is 6.04 Å². The van der Waals surface area contributed by atoms with Crippen molar-refractivity contribution >= 4 is 5.91 Å². The Bertz CT molecular complexity index is 515. The van der Waals surface area contributed by atoms with Crippen molar-refractivity contribution in [3.8, 4) is 0 Å². The average Bonchev–Trinajstić information content (AvgIpc) is 2.71. The molecule has 0 aromatic carbocycles. The van der Waals surface area contributed by atoms with Gasteiger partial charge >= 0.3 is 0 Å². The lowest BCUT2D eigenvalue weighted by Gasteiger charge is -2.37. The number of morpholine rings is 1. The summed E-state index contributed by atoms with van der Waals surface area (Å²) in [4.78, 5) is 14.3. The monoisotopic (exact) mass is 296 g/mol. The number of methoxy groups -OCH3 is 1. The molecule has 0 saturated carbocycles. The van der Waals surface area contributed by atoms with E-state index in [0.29, 0.717) is 19.8 Å². The van der Waals surface area contributed by atoms with Gasteiger partial charge in [-0.25, -0.2) is 0 Å². The Labute approximate surface area is 125 Å². The van der Waals surface area contributed by atoms with Gasteiger partial charge in [-0.15, -0.1) is 0 Å². The molecule has 7 nitrogen and oxygen atoms in total. The lowest BCUT2D eigenvalue weighted by atomic mass is 10.0. The van der Waals surface area contributed by atoms with E-state index in [1.807, 2.05) is 25.6 Å². The van der Waals surface area contributed by atoms with Gasteiger partial charge in [-0.2, -0.15) is 5.10 Å². The molecule has 1 aromatic rings. The van der Waals surface area contributed by atoms with Crippen LogP contribution in [-0.2, 0) is 21.3 Å². The van der Waals surface area contributed by atoms with Crippen molar-refractivity contribution in [3.63, 3.8) is 0 Å². The van der Waals surface area contributed by atoms with Crippen LogP contribution in [0, 0.1) is 13.8 Å². The van der Waals surface area contributed by atoms with E-state index in [2.05, 4.69) is 5.10 Å². The highest BCUT2D eigenvalue weighted by atomic mass is 16.5. The van der Waals surface area contributed by atoms with Crippen molar-refractivity contribution in [2.75, 3.05) is 33.5 Å². The van der Waals surface area contributed by atoms with E-state index in [-0.39, 0.29) is 18.6 Å². The van der Waals surface area contributed by atoms with E-state index in [1.54, 1.807) is 12.0 Å². The van der Waals surface area contributed by atoms with Crippen LogP contribution in [0.1, 0.15) is 23.0 Å². The van der Waals surface area contributed by atoms with Crippen LogP contribution in [0.3, 0.4) is 0 Å². The largest absolute Gasteiger partial charge is 0.383 e. The second-order valence-corrected chi connectivity index (χ2v) is 5.39. The molecule has 7 heteroatoms. The van der Waals surface area contributed by atoms with Gasteiger partial charge in [0.15, 0.2) is 0 Å². The average molecular weight is 296 g/mol. The molecule has 2 rings (SSSR count). The highest BCUT2D eigenvalue weighted by Crippen LogP contribution is 2.29. The Kier molecular flexibility index (Phi) is 4.97. The number of hydrogen-bond donors (Lipinski definition) is 1. The van der Waals surface area contributed by atoms with Crippen LogP contribution in [-0.4, -0.2) is 60.1 Å². The van der Waals surface area contributed by atoms with Crippen LogP contribution in [0.5, 0.6) is 0 Å². The van der Waals surface area contributed by atoms with Crippen LogP contribution >= 0.6 is 0 Å². The highest BCUT2D eigenvalue weighted by Gasteiger charge is 2.34. The van der Waals surface area contributed by atoms with E-state index in [0.717, 1.165) is 17.0 Å². The molecule has 0 aliphatic carbocycles. The fourth-order valence-electron chi connectivity index (χ4n) is 2.84. The van der Waals surface area contributed by atoms with E-state index in [1.165, 1.54) is 0 Å². The molecule has 2 unspecified atom stereocenters. The first-order valence-electron chi connectivity index (χ1n) is 7.10. The zero-order valence-electron chi connectivity index (χ0n) is 13.1. The molecule has 118 valence electrons. The lowest BCUT2D eigenvalue weighted by Crippen LogP contribution is -2.51. The summed E-state index contributed by atoms with van der Waals surface area (Å²) in [5.74, 6) is -0.104. The van der Waals surface area contributed by atoms with Crippen molar-refractivity contribution in [2.45, 2.75) is 25.9 Å². The Morgan fingerprint density at radius 2 is 2.29 bits per heavy atom. The third-order valence-corrected chi connectivity index (χ3v) is 3.97. The van der Waals surface area contributed by atoms with E-state index >= 15 is 0 Å². The van der Waals surface area contributed by atoms with Gasteiger partial charge in [0.05, 0.1) is 31.6 Å². The predicted octanol–water partition coefficient (Wildman–Crippen LogP) is -0.0895. The van der Waals surface area contributed by atoms with Gasteiger partial charge in [0, 0.05) is 32.0 Å². The Morgan fingerprint density at radius 3 is 2.86 bits per heavy atom. The second kappa shape index (κ2) is 6.55. The van der Waals surface area contributed by atoms with E-state index in [4.69, 9.17) is 15.2 Å². The van der Waals surface area contributed by atoms with Crippen LogP contribution in [0.15, 0.2) is 0 Å². The Hall–Kier alpha value is -1.44. The van der Waals surface area contributed by atoms with E-state index in [9.17, 15) is 4.79 Å². The maximum absolute atomic E-state index is 12.5. The number of aryl methyl sites for hydroxylation is 2. The van der Waals surface area contributed by atoms with E-state index < -0.39 is 6.04 Å². The smallest absolute Gasteiger partial charge is 0.242 e. The molecule has 2 heterocycles. The van der Waals surface area contributed by atoms with Gasteiger partial charge in [-0.05, 0) is 13.8 Å². The second-order valence-electron chi connectivity index (χ2n) is 5.39. The summed E-state index contributed by atoms with van der Waals surface area (Å²) in [5.41, 5.74) is 8.92. The molecular formula is C14H24N4O3. The number of carbonyl (C=O) groups is 1. The maximum atomic E-state index is 12.5. The zero-order valence-corrected chi connectivity index (χ0v) is 13.1. The molecule has 0 spiro atoms. The van der Waals surface area contributed by atoms with Gasteiger partial charge < -0.3 is 20.1 Å². The van der Waals surface area contributed by atoms with Crippen molar-refractivity contribution in [3.05, 3.63) is 17.0 Å². The molecule has 1 saturated heterocycles. The summed E-state index contributed by atoms with van der Waals surface area (Å²) in [7, 11) is 3.44.